The quantitative estimate of drug-likeness (QED) is 0.903. The van der Waals surface area contributed by atoms with Gasteiger partial charge in [0.1, 0.15) is 0 Å². The zero-order chi connectivity index (χ0) is 13.2. The average Bonchev–Trinajstić information content (AvgIpc) is 2.82. The van der Waals surface area contributed by atoms with Gasteiger partial charge in [-0.1, -0.05) is 0 Å². The minimum atomic E-state index is 0.186. The van der Waals surface area contributed by atoms with E-state index in [0.29, 0.717) is 6.04 Å². The van der Waals surface area contributed by atoms with Crippen LogP contribution in [0.1, 0.15) is 26.7 Å². The summed E-state index contributed by atoms with van der Waals surface area (Å²) in [6.07, 6.45) is 4.68. The summed E-state index contributed by atoms with van der Waals surface area (Å²) in [4.78, 5) is 6.93. The van der Waals surface area contributed by atoms with Crippen LogP contribution in [-0.4, -0.2) is 36.8 Å². The Kier molecular flexibility index (Phi) is 3.60. The van der Waals surface area contributed by atoms with E-state index >= 15 is 0 Å². The molecule has 4 nitrogen and oxygen atoms in total. The largest absolute Gasteiger partial charge is 0.487 e. The Hall–Kier alpha value is -1.29. The normalized spacial score (nSPS) is 26.6. The predicted octanol–water partition coefficient (Wildman–Crippen LogP) is 2.06. The van der Waals surface area contributed by atoms with Gasteiger partial charge in [0.05, 0.1) is 6.10 Å². The number of aromatic nitrogens is 1. The molecular weight excluding hydrogens is 238 g/mol. The molecule has 0 bridgehead atoms. The van der Waals surface area contributed by atoms with E-state index in [0.717, 1.165) is 37.1 Å². The lowest BCUT2D eigenvalue weighted by molar-refractivity contribution is 0.242. The van der Waals surface area contributed by atoms with Gasteiger partial charge in [0.15, 0.2) is 11.6 Å². The van der Waals surface area contributed by atoms with Crippen LogP contribution in [0.5, 0.6) is 5.75 Å². The molecule has 0 saturated carbocycles. The Morgan fingerprint density at radius 3 is 3.11 bits per heavy atom. The Morgan fingerprint density at radius 2 is 2.32 bits per heavy atom. The molecule has 0 amide bonds. The number of fused-ring (bicyclic) bond motifs is 1. The number of hydrogen-bond acceptors (Lipinski definition) is 4. The van der Waals surface area contributed by atoms with Crippen molar-refractivity contribution >= 4 is 5.82 Å². The molecule has 19 heavy (non-hydrogen) atoms. The van der Waals surface area contributed by atoms with Gasteiger partial charge >= 0.3 is 0 Å². The first-order valence-electron chi connectivity index (χ1n) is 7.34. The fourth-order valence-electron chi connectivity index (χ4n) is 3.19. The fourth-order valence-corrected chi connectivity index (χ4v) is 3.19. The highest BCUT2D eigenvalue weighted by atomic mass is 16.5. The molecule has 2 fully saturated rings. The van der Waals surface area contributed by atoms with Crippen molar-refractivity contribution in [2.24, 2.45) is 5.92 Å². The van der Waals surface area contributed by atoms with Gasteiger partial charge in [0.25, 0.3) is 0 Å². The van der Waals surface area contributed by atoms with Gasteiger partial charge in [0.2, 0.25) is 0 Å². The molecule has 1 aromatic heterocycles. The lowest BCUT2D eigenvalue weighted by Gasteiger charge is -2.24. The number of hydrogen-bond donors (Lipinski definition) is 1. The monoisotopic (exact) mass is 261 g/mol. The van der Waals surface area contributed by atoms with Crippen molar-refractivity contribution in [2.75, 3.05) is 24.5 Å². The Bertz CT molecular complexity index is 421. The Balaban J connectivity index is 1.79. The standard InChI is InChI=1S/C15H23N3O/c1-11(2)19-14-6-4-8-17-15(14)18-9-12-5-3-7-16-13(12)10-18/h4,6,8,11-13,16H,3,5,7,9-10H2,1-2H3/t12-,13+/m0/s1. The first-order valence-corrected chi connectivity index (χ1v) is 7.34. The third-order valence-electron chi connectivity index (χ3n) is 4.01. The number of nitrogens with zero attached hydrogens (tertiary/aromatic N) is 2. The minimum Gasteiger partial charge on any atom is -0.487 e. The number of piperidine rings is 1. The predicted molar refractivity (Wildman–Crippen MR) is 76.7 cm³/mol. The van der Waals surface area contributed by atoms with Gasteiger partial charge in [-0.25, -0.2) is 4.98 Å². The molecular formula is C15H23N3O. The van der Waals surface area contributed by atoms with Crippen molar-refractivity contribution in [3.63, 3.8) is 0 Å². The van der Waals surface area contributed by atoms with Gasteiger partial charge in [-0.2, -0.15) is 0 Å². The Labute approximate surface area is 115 Å². The zero-order valence-corrected chi connectivity index (χ0v) is 11.8. The van der Waals surface area contributed by atoms with Crippen LogP contribution in [0.3, 0.4) is 0 Å². The van der Waals surface area contributed by atoms with Crippen molar-refractivity contribution in [1.29, 1.82) is 0 Å². The van der Waals surface area contributed by atoms with E-state index in [1.807, 2.05) is 18.3 Å². The number of pyridine rings is 1. The summed E-state index contributed by atoms with van der Waals surface area (Å²) in [7, 11) is 0. The topological polar surface area (TPSA) is 37.4 Å². The zero-order valence-electron chi connectivity index (χ0n) is 11.8. The summed E-state index contributed by atoms with van der Waals surface area (Å²) in [5.74, 6) is 2.69. The number of ether oxygens (including phenoxy) is 1. The van der Waals surface area contributed by atoms with Crippen LogP contribution in [0.4, 0.5) is 5.82 Å². The van der Waals surface area contributed by atoms with Crippen LogP contribution in [0.15, 0.2) is 18.3 Å². The molecule has 0 aromatic carbocycles. The molecule has 2 aliphatic rings. The highest BCUT2D eigenvalue weighted by molar-refractivity contribution is 5.53. The van der Waals surface area contributed by atoms with Gasteiger partial charge in [0, 0.05) is 25.3 Å². The number of rotatable bonds is 3. The number of nitrogens with one attached hydrogen (secondary N) is 1. The second-order valence-corrected chi connectivity index (χ2v) is 5.86. The van der Waals surface area contributed by atoms with Gasteiger partial charge < -0.3 is 15.0 Å². The summed E-state index contributed by atoms with van der Waals surface area (Å²) in [6, 6.07) is 4.60. The molecule has 0 spiro atoms. The highest BCUT2D eigenvalue weighted by Gasteiger charge is 2.35. The van der Waals surface area contributed by atoms with Crippen LogP contribution in [0.25, 0.3) is 0 Å². The van der Waals surface area contributed by atoms with E-state index in [-0.39, 0.29) is 6.10 Å². The van der Waals surface area contributed by atoms with Crippen LogP contribution in [-0.2, 0) is 0 Å². The second kappa shape index (κ2) is 5.37. The molecule has 2 aliphatic heterocycles. The van der Waals surface area contributed by atoms with Crippen molar-refractivity contribution < 1.29 is 4.74 Å². The van der Waals surface area contributed by atoms with Gasteiger partial charge in [-0.05, 0) is 51.3 Å². The van der Waals surface area contributed by atoms with Gasteiger partial charge in [-0.3, -0.25) is 0 Å². The summed E-state index contributed by atoms with van der Waals surface area (Å²) in [5, 5.41) is 3.63. The molecule has 0 radical (unpaired) electrons. The maximum absolute atomic E-state index is 5.89. The van der Waals surface area contributed by atoms with E-state index in [1.165, 1.54) is 12.8 Å². The van der Waals surface area contributed by atoms with Gasteiger partial charge in [-0.15, -0.1) is 0 Å². The average molecular weight is 261 g/mol. The summed E-state index contributed by atoms with van der Waals surface area (Å²) >= 11 is 0. The molecule has 1 N–H and O–H groups in total. The van der Waals surface area contributed by atoms with E-state index in [4.69, 9.17) is 4.74 Å². The molecule has 4 heteroatoms. The molecule has 3 heterocycles. The minimum absolute atomic E-state index is 0.186. The van der Waals surface area contributed by atoms with Crippen molar-refractivity contribution in [2.45, 2.75) is 38.8 Å². The first kappa shape index (κ1) is 12.7. The molecule has 2 atom stereocenters. The molecule has 104 valence electrons. The maximum atomic E-state index is 5.89. The van der Waals surface area contributed by atoms with E-state index in [9.17, 15) is 0 Å². The van der Waals surface area contributed by atoms with E-state index in [1.54, 1.807) is 0 Å². The molecule has 0 aliphatic carbocycles. The van der Waals surface area contributed by atoms with E-state index < -0.39 is 0 Å². The number of anilines is 1. The molecule has 3 rings (SSSR count). The Morgan fingerprint density at radius 1 is 1.42 bits per heavy atom. The van der Waals surface area contributed by atoms with E-state index in [2.05, 4.69) is 29.0 Å². The smallest absolute Gasteiger partial charge is 0.171 e. The highest BCUT2D eigenvalue weighted by Crippen LogP contribution is 2.33. The fraction of sp³-hybridized carbons (Fsp3) is 0.667. The molecule has 1 aromatic rings. The van der Waals surface area contributed by atoms with Crippen molar-refractivity contribution in [3.8, 4) is 5.75 Å². The summed E-state index contributed by atoms with van der Waals surface area (Å²) < 4.78 is 5.89. The third kappa shape index (κ3) is 2.68. The van der Waals surface area contributed by atoms with Crippen molar-refractivity contribution in [1.82, 2.24) is 10.3 Å². The lowest BCUT2D eigenvalue weighted by atomic mass is 9.94. The van der Waals surface area contributed by atoms with Crippen molar-refractivity contribution in [3.05, 3.63) is 18.3 Å². The van der Waals surface area contributed by atoms with Crippen LogP contribution >= 0.6 is 0 Å². The van der Waals surface area contributed by atoms with Crippen LogP contribution < -0.4 is 15.0 Å². The molecule has 2 saturated heterocycles. The SMILES string of the molecule is CC(C)Oc1cccnc1N1C[C@@H]2CCCN[C@@H]2C1. The second-order valence-electron chi connectivity index (χ2n) is 5.86. The molecule has 0 unspecified atom stereocenters. The maximum Gasteiger partial charge on any atom is 0.171 e. The summed E-state index contributed by atoms with van der Waals surface area (Å²) in [6.45, 7) is 7.43. The lowest BCUT2D eigenvalue weighted by Crippen LogP contribution is -2.40. The summed E-state index contributed by atoms with van der Waals surface area (Å²) in [5.41, 5.74) is 0. The van der Waals surface area contributed by atoms with Crippen LogP contribution in [0, 0.1) is 5.92 Å². The first-order chi connectivity index (χ1) is 9.24. The van der Waals surface area contributed by atoms with Crippen LogP contribution in [0.2, 0.25) is 0 Å². The third-order valence-corrected chi connectivity index (χ3v) is 4.01.